The molecule has 0 aliphatic rings. The highest BCUT2D eigenvalue weighted by Crippen LogP contribution is 2.34. The maximum absolute atomic E-state index is 2.36. The Morgan fingerprint density at radius 1 is 1.29 bits per heavy atom. The van der Waals surface area contributed by atoms with Crippen LogP contribution in [0.2, 0.25) is 0 Å². The first-order valence-electron chi connectivity index (χ1n) is 5.17. The average molecular weight is 228 g/mol. The molecule has 0 fully saturated rings. The molecule has 2 heteroatoms. The van der Waals surface area contributed by atoms with Gasteiger partial charge in [0.2, 0.25) is 0 Å². The second kappa shape index (κ2) is 4.33. The monoisotopic (exact) mass is 228 g/mol. The average Bonchev–Trinajstić information content (AvgIpc) is 2.45. The first-order chi connectivity index (χ1) is 6.38. The van der Waals surface area contributed by atoms with E-state index >= 15 is 0 Å². The molecule has 0 saturated carbocycles. The molecule has 1 aromatic heterocycles. The van der Waals surface area contributed by atoms with Crippen LogP contribution in [0, 0.1) is 0 Å². The molecule has 80 valence electrons. The van der Waals surface area contributed by atoms with Gasteiger partial charge in [0.15, 0.2) is 0 Å². The van der Waals surface area contributed by atoms with Gasteiger partial charge < -0.3 is 0 Å². The molecule has 14 heavy (non-hydrogen) atoms. The van der Waals surface area contributed by atoms with Crippen molar-refractivity contribution in [3.63, 3.8) is 0 Å². The van der Waals surface area contributed by atoms with Crippen molar-refractivity contribution in [2.45, 2.75) is 46.0 Å². The Morgan fingerprint density at radius 3 is 2.21 bits per heavy atom. The lowest BCUT2D eigenvalue weighted by atomic mass is 9.83. The quantitative estimate of drug-likeness (QED) is 0.668. The SMILES string of the molecule is CPc1scc(C(C)C)c1C(C)(C)C. The largest absolute Gasteiger partial charge is 0.144 e. The number of hydrogen-bond acceptors (Lipinski definition) is 1. The maximum atomic E-state index is 2.36. The maximum Gasteiger partial charge on any atom is 0.0284 e. The second-order valence-electron chi connectivity index (χ2n) is 5.05. The molecule has 0 aliphatic carbocycles. The highest BCUT2D eigenvalue weighted by molar-refractivity contribution is 7.56. The molecular weight excluding hydrogens is 207 g/mol. The molecule has 1 atom stereocenters. The molecule has 0 N–H and O–H groups in total. The summed E-state index contributed by atoms with van der Waals surface area (Å²) in [7, 11) is 0.934. The van der Waals surface area contributed by atoms with Crippen molar-refractivity contribution >= 4 is 24.5 Å². The van der Waals surface area contributed by atoms with Crippen LogP contribution in [0.1, 0.15) is 51.7 Å². The van der Waals surface area contributed by atoms with E-state index in [1.165, 1.54) is 0 Å². The van der Waals surface area contributed by atoms with E-state index in [0.29, 0.717) is 11.3 Å². The highest BCUT2D eigenvalue weighted by Gasteiger charge is 2.23. The van der Waals surface area contributed by atoms with Gasteiger partial charge in [0.25, 0.3) is 0 Å². The molecule has 0 aliphatic heterocycles. The third-order valence-electron chi connectivity index (χ3n) is 2.42. The van der Waals surface area contributed by atoms with Crippen LogP contribution in [0.4, 0.5) is 0 Å². The minimum absolute atomic E-state index is 0.304. The van der Waals surface area contributed by atoms with Gasteiger partial charge in [0.1, 0.15) is 0 Å². The lowest BCUT2D eigenvalue weighted by Crippen LogP contribution is -2.19. The van der Waals surface area contributed by atoms with Crippen molar-refractivity contribution in [1.29, 1.82) is 0 Å². The fraction of sp³-hybridized carbons (Fsp3) is 0.667. The first kappa shape index (κ1) is 12.2. The zero-order valence-electron chi connectivity index (χ0n) is 10.1. The molecule has 0 spiro atoms. The third-order valence-corrected chi connectivity index (χ3v) is 4.90. The minimum Gasteiger partial charge on any atom is -0.144 e. The van der Waals surface area contributed by atoms with Gasteiger partial charge >= 0.3 is 0 Å². The van der Waals surface area contributed by atoms with Crippen molar-refractivity contribution in [3.8, 4) is 0 Å². The van der Waals surface area contributed by atoms with Gasteiger partial charge in [-0.05, 0) is 34.5 Å². The van der Waals surface area contributed by atoms with Gasteiger partial charge in [-0.3, -0.25) is 0 Å². The lowest BCUT2D eigenvalue weighted by Gasteiger charge is -2.23. The van der Waals surface area contributed by atoms with Gasteiger partial charge in [-0.15, -0.1) is 11.3 Å². The minimum atomic E-state index is 0.304. The summed E-state index contributed by atoms with van der Waals surface area (Å²) in [5.74, 6) is 0.658. The molecular formula is C12H21PS. The molecule has 0 saturated heterocycles. The fourth-order valence-corrected chi connectivity index (χ4v) is 4.35. The van der Waals surface area contributed by atoms with Crippen LogP contribution in [0.25, 0.3) is 0 Å². The third kappa shape index (κ3) is 2.38. The standard InChI is InChI=1S/C12H21PS/c1-8(2)9-7-14-11(13-6)10(9)12(3,4)5/h7-8,13H,1-6H3. The zero-order chi connectivity index (χ0) is 10.9. The van der Waals surface area contributed by atoms with Gasteiger partial charge in [0.05, 0.1) is 0 Å². The predicted molar refractivity (Wildman–Crippen MR) is 71.0 cm³/mol. The van der Waals surface area contributed by atoms with E-state index in [0.717, 1.165) is 8.58 Å². The fourth-order valence-electron chi connectivity index (χ4n) is 1.75. The Hall–Kier alpha value is 0.130. The van der Waals surface area contributed by atoms with E-state index in [1.807, 2.05) is 11.3 Å². The lowest BCUT2D eigenvalue weighted by molar-refractivity contribution is 0.584. The Kier molecular flexibility index (Phi) is 3.77. The summed E-state index contributed by atoms with van der Waals surface area (Å²) in [4.78, 5) is 0. The number of hydrogen-bond donors (Lipinski definition) is 0. The molecule has 0 radical (unpaired) electrons. The van der Waals surface area contributed by atoms with Crippen LogP contribution in [0.5, 0.6) is 0 Å². The number of thiophene rings is 1. The van der Waals surface area contributed by atoms with Crippen LogP contribution in [-0.4, -0.2) is 6.66 Å². The highest BCUT2D eigenvalue weighted by atomic mass is 32.1. The van der Waals surface area contributed by atoms with Crippen molar-refractivity contribution in [2.24, 2.45) is 0 Å². The number of rotatable bonds is 2. The predicted octanol–water partition coefficient (Wildman–Crippen LogP) is 4.10. The van der Waals surface area contributed by atoms with E-state index in [-0.39, 0.29) is 0 Å². The van der Waals surface area contributed by atoms with E-state index in [9.17, 15) is 0 Å². The first-order valence-corrected chi connectivity index (χ1v) is 7.55. The van der Waals surface area contributed by atoms with Crippen molar-refractivity contribution < 1.29 is 0 Å². The van der Waals surface area contributed by atoms with Crippen LogP contribution in [-0.2, 0) is 5.41 Å². The second-order valence-corrected chi connectivity index (χ2v) is 7.29. The zero-order valence-corrected chi connectivity index (χ0v) is 11.9. The summed E-state index contributed by atoms with van der Waals surface area (Å²) in [6.45, 7) is 13.8. The van der Waals surface area contributed by atoms with Crippen molar-refractivity contribution in [3.05, 3.63) is 16.5 Å². The van der Waals surface area contributed by atoms with Gasteiger partial charge in [-0.1, -0.05) is 43.2 Å². The summed E-state index contributed by atoms with van der Waals surface area (Å²) in [6, 6.07) is 0. The topological polar surface area (TPSA) is 0 Å². The Morgan fingerprint density at radius 2 is 1.86 bits per heavy atom. The van der Waals surface area contributed by atoms with Crippen LogP contribution in [0.3, 0.4) is 0 Å². The molecule has 1 unspecified atom stereocenters. The molecule has 1 aromatic rings. The van der Waals surface area contributed by atoms with E-state index in [4.69, 9.17) is 0 Å². The van der Waals surface area contributed by atoms with E-state index < -0.39 is 0 Å². The van der Waals surface area contributed by atoms with Gasteiger partial charge in [-0.25, -0.2) is 0 Å². The molecule has 0 bridgehead atoms. The Labute approximate surface area is 93.9 Å². The molecule has 1 rings (SSSR count). The van der Waals surface area contributed by atoms with E-state index in [1.54, 1.807) is 15.7 Å². The van der Waals surface area contributed by atoms with Crippen LogP contribution in [0.15, 0.2) is 5.38 Å². The van der Waals surface area contributed by atoms with Crippen molar-refractivity contribution in [2.75, 3.05) is 6.66 Å². The summed E-state index contributed by atoms with van der Waals surface area (Å²) >= 11 is 1.94. The Balaban J connectivity index is 3.27. The molecule has 0 aromatic carbocycles. The van der Waals surface area contributed by atoms with Gasteiger partial charge in [-0.2, -0.15) is 0 Å². The van der Waals surface area contributed by atoms with Crippen molar-refractivity contribution in [1.82, 2.24) is 0 Å². The molecule has 1 heterocycles. The summed E-state index contributed by atoms with van der Waals surface area (Å²) in [6.07, 6.45) is 0. The van der Waals surface area contributed by atoms with Crippen LogP contribution < -0.4 is 4.62 Å². The summed E-state index contributed by atoms with van der Waals surface area (Å²) < 4.78 is 1.60. The summed E-state index contributed by atoms with van der Waals surface area (Å²) in [5.41, 5.74) is 3.47. The summed E-state index contributed by atoms with van der Waals surface area (Å²) in [5, 5.41) is 2.36. The Bertz CT molecular complexity index is 305. The van der Waals surface area contributed by atoms with Crippen LogP contribution >= 0.6 is 19.9 Å². The molecule has 0 amide bonds. The molecule has 0 nitrogen and oxygen atoms in total. The smallest absolute Gasteiger partial charge is 0.0284 e. The normalized spacial score (nSPS) is 13.4. The van der Waals surface area contributed by atoms with E-state index in [2.05, 4.69) is 46.7 Å². The van der Waals surface area contributed by atoms with Gasteiger partial charge in [0, 0.05) is 4.62 Å².